The van der Waals surface area contributed by atoms with Gasteiger partial charge in [-0.15, -0.1) is 0 Å². The first-order valence-corrected chi connectivity index (χ1v) is 8.35. The van der Waals surface area contributed by atoms with Crippen LogP contribution in [0.1, 0.15) is 72.1 Å². The highest BCUT2D eigenvalue weighted by Gasteiger charge is 2.46. The molecule has 2 aliphatic rings. The van der Waals surface area contributed by atoms with Crippen molar-refractivity contribution in [2.75, 3.05) is 13.6 Å². The zero-order chi connectivity index (χ0) is 14.1. The van der Waals surface area contributed by atoms with Gasteiger partial charge < -0.3 is 5.73 Å². The van der Waals surface area contributed by atoms with Crippen LogP contribution in [-0.2, 0) is 0 Å². The summed E-state index contributed by atoms with van der Waals surface area (Å²) in [5.41, 5.74) is 6.97. The van der Waals surface area contributed by atoms with E-state index in [1.54, 1.807) is 0 Å². The summed E-state index contributed by atoms with van der Waals surface area (Å²) in [6, 6.07) is 0.778. The van der Waals surface area contributed by atoms with Gasteiger partial charge in [0.1, 0.15) is 0 Å². The molecule has 2 nitrogen and oxygen atoms in total. The smallest absolute Gasteiger partial charge is 0.0336 e. The van der Waals surface area contributed by atoms with Gasteiger partial charge in [-0.25, -0.2) is 0 Å². The summed E-state index contributed by atoms with van der Waals surface area (Å²) < 4.78 is 0. The largest absolute Gasteiger partial charge is 0.329 e. The fourth-order valence-corrected chi connectivity index (χ4v) is 4.59. The number of nitrogens with two attached hydrogens (primary N) is 1. The minimum Gasteiger partial charge on any atom is -0.329 e. The van der Waals surface area contributed by atoms with Gasteiger partial charge in [-0.1, -0.05) is 27.2 Å². The predicted octanol–water partition coefficient (Wildman–Crippen LogP) is 3.79. The Balaban J connectivity index is 2.00. The second-order valence-corrected chi connectivity index (χ2v) is 7.96. The van der Waals surface area contributed by atoms with Crippen molar-refractivity contribution < 1.29 is 0 Å². The van der Waals surface area contributed by atoms with Gasteiger partial charge >= 0.3 is 0 Å². The van der Waals surface area contributed by atoms with Crippen LogP contribution in [0.5, 0.6) is 0 Å². The van der Waals surface area contributed by atoms with Crippen molar-refractivity contribution in [1.82, 2.24) is 4.90 Å². The van der Waals surface area contributed by atoms with Crippen LogP contribution in [0, 0.1) is 11.3 Å². The minimum absolute atomic E-state index is 0.285. The molecule has 0 aromatic heterocycles. The molecule has 0 saturated heterocycles. The Morgan fingerprint density at radius 3 is 2.16 bits per heavy atom. The van der Waals surface area contributed by atoms with Crippen LogP contribution < -0.4 is 5.73 Å². The van der Waals surface area contributed by atoms with Crippen molar-refractivity contribution in [3.63, 3.8) is 0 Å². The van der Waals surface area contributed by atoms with Crippen LogP contribution >= 0.6 is 0 Å². The monoisotopic (exact) mass is 266 g/mol. The molecule has 19 heavy (non-hydrogen) atoms. The van der Waals surface area contributed by atoms with E-state index in [1.165, 1.54) is 51.4 Å². The fourth-order valence-electron chi connectivity index (χ4n) is 4.59. The van der Waals surface area contributed by atoms with Crippen LogP contribution in [0.3, 0.4) is 0 Å². The third-order valence-corrected chi connectivity index (χ3v) is 6.14. The molecule has 2 saturated carbocycles. The number of hydrogen-bond acceptors (Lipinski definition) is 2. The van der Waals surface area contributed by atoms with Gasteiger partial charge in [0.05, 0.1) is 0 Å². The number of likely N-dealkylation sites (N-methyl/N-ethyl adjacent to an activating group) is 1. The molecule has 2 fully saturated rings. The normalized spacial score (nSPS) is 38.8. The standard InChI is InChI=1S/C17H34N2/c1-5-14-6-8-15(9-7-14)19(4)17(13-18)11-10-16(2,3)12-17/h14-15H,5-13,18H2,1-4H3. The molecule has 1 atom stereocenters. The lowest BCUT2D eigenvalue weighted by Crippen LogP contribution is -2.55. The molecule has 2 rings (SSSR count). The van der Waals surface area contributed by atoms with E-state index in [2.05, 4.69) is 32.7 Å². The van der Waals surface area contributed by atoms with Crippen LogP contribution in [0.4, 0.5) is 0 Å². The third kappa shape index (κ3) is 3.16. The zero-order valence-corrected chi connectivity index (χ0v) is 13.5. The summed E-state index contributed by atoms with van der Waals surface area (Å²) in [5.74, 6) is 0.985. The average molecular weight is 266 g/mol. The average Bonchev–Trinajstić information content (AvgIpc) is 2.75. The van der Waals surface area contributed by atoms with E-state index in [1.807, 2.05) is 0 Å². The lowest BCUT2D eigenvalue weighted by molar-refractivity contribution is 0.0456. The second-order valence-electron chi connectivity index (χ2n) is 7.96. The molecular formula is C17H34N2. The Hall–Kier alpha value is -0.0800. The van der Waals surface area contributed by atoms with Crippen molar-refractivity contribution in [1.29, 1.82) is 0 Å². The summed E-state index contributed by atoms with van der Waals surface area (Å²) in [4.78, 5) is 2.69. The van der Waals surface area contributed by atoms with E-state index in [0.29, 0.717) is 5.41 Å². The van der Waals surface area contributed by atoms with Crippen LogP contribution in [0.15, 0.2) is 0 Å². The van der Waals surface area contributed by atoms with E-state index in [4.69, 9.17) is 5.73 Å². The Bertz CT molecular complexity index is 292. The van der Waals surface area contributed by atoms with Crippen LogP contribution in [0.2, 0.25) is 0 Å². The Morgan fingerprint density at radius 1 is 1.11 bits per heavy atom. The summed E-state index contributed by atoms with van der Waals surface area (Å²) in [6.07, 6.45) is 10.9. The lowest BCUT2D eigenvalue weighted by Gasteiger charge is -2.46. The molecule has 0 bridgehead atoms. The highest BCUT2D eigenvalue weighted by Crippen LogP contribution is 2.47. The maximum absolute atomic E-state index is 6.21. The zero-order valence-electron chi connectivity index (χ0n) is 13.5. The van der Waals surface area contributed by atoms with Gasteiger partial charge in [0.2, 0.25) is 0 Å². The van der Waals surface area contributed by atoms with E-state index < -0.39 is 0 Å². The van der Waals surface area contributed by atoms with Crippen LogP contribution in [0.25, 0.3) is 0 Å². The van der Waals surface area contributed by atoms with E-state index in [9.17, 15) is 0 Å². The maximum Gasteiger partial charge on any atom is 0.0336 e. The first kappa shape index (κ1) is 15.3. The molecule has 0 aromatic rings. The molecule has 2 heteroatoms. The van der Waals surface area contributed by atoms with Gasteiger partial charge in [0.15, 0.2) is 0 Å². The van der Waals surface area contributed by atoms with Crippen molar-refractivity contribution in [2.45, 2.75) is 83.7 Å². The molecular weight excluding hydrogens is 232 g/mol. The quantitative estimate of drug-likeness (QED) is 0.838. The van der Waals surface area contributed by atoms with E-state index in [0.717, 1.165) is 18.5 Å². The summed E-state index contributed by atoms with van der Waals surface area (Å²) >= 11 is 0. The van der Waals surface area contributed by atoms with Crippen LogP contribution in [-0.4, -0.2) is 30.1 Å². The van der Waals surface area contributed by atoms with Gasteiger partial charge in [-0.2, -0.15) is 0 Å². The minimum atomic E-state index is 0.285. The van der Waals surface area contributed by atoms with Crippen molar-refractivity contribution in [3.05, 3.63) is 0 Å². The molecule has 1 unspecified atom stereocenters. The highest BCUT2D eigenvalue weighted by molar-refractivity contribution is 5.03. The predicted molar refractivity (Wildman–Crippen MR) is 83.2 cm³/mol. The number of rotatable bonds is 4. The van der Waals surface area contributed by atoms with Crippen molar-refractivity contribution in [3.8, 4) is 0 Å². The molecule has 112 valence electrons. The Kier molecular flexibility index (Phi) is 4.62. The van der Waals surface area contributed by atoms with Gasteiger partial charge in [-0.3, -0.25) is 4.90 Å². The highest BCUT2D eigenvalue weighted by atomic mass is 15.2. The molecule has 0 aliphatic heterocycles. The maximum atomic E-state index is 6.21. The molecule has 2 N–H and O–H groups in total. The molecule has 0 amide bonds. The SMILES string of the molecule is CCC1CCC(N(C)C2(CN)CCC(C)(C)C2)CC1. The second kappa shape index (κ2) is 5.73. The van der Waals surface area contributed by atoms with Crippen molar-refractivity contribution >= 4 is 0 Å². The first-order chi connectivity index (χ1) is 8.92. The Labute approximate surface area is 120 Å². The Morgan fingerprint density at radius 2 is 1.74 bits per heavy atom. The van der Waals surface area contributed by atoms with Gasteiger partial charge in [0.25, 0.3) is 0 Å². The van der Waals surface area contributed by atoms with E-state index in [-0.39, 0.29) is 5.54 Å². The van der Waals surface area contributed by atoms with Gasteiger partial charge in [-0.05, 0) is 63.3 Å². The van der Waals surface area contributed by atoms with Crippen molar-refractivity contribution in [2.24, 2.45) is 17.1 Å². The van der Waals surface area contributed by atoms with E-state index >= 15 is 0 Å². The molecule has 0 spiro atoms. The first-order valence-electron chi connectivity index (χ1n) is 8.35. The fraction of sp³-hybridized carbons (Fsp3) is 1.00. The summed E-state index contributed by atoms with van der Waals surface area (Å²) in [7, 11) is 2.35. The molecule has 0 aromatic carbocycles. The molecule has 2 aliphatic carbocycles. The lowest BCUT2D eigenvalue weighted by atomic mass is 9.81. The number of nitrogens with zero attached hydrogens (tertiary/aromatic N) is 1. The summed E-state index contributed by atoms with van der Waals surface area (Å²) in [5, 5.41) is 0. The van der Waals surface area contributed by atoms with Gasteiger partial charge in [0, 0.05) is 18.1 Å². The topological polar surface area (TPSA) is 29.3 Å². The number of hydrogen-bond donors (Lipinski definition) is 1. The summed E-state index contributed by atoms with van der Waals surface area (Å²) in [6.45, 7) is 7.99. The molecule has 0 heterocycles. The third-order valence-electron chi connectivity index (χ3n) is 6.14. The molecule has 0 radical (unpaired) electrons.